The molecule has 0 spiro atoms. The number of hydrogen-bond donors (Lipinski definition) is 1. The monoisotopic (exact) mass is 420 g/mol. The number of fused-ring (bicyclic) bond motifs is 1. The van der Waals surface area contributed by atoms with Gasteiger partial charge in [0.05, 0.1) is 12.7 Å². The van der Waals surface area contributed by atoms with E-state index in [-0.39, 0.29) is 18.2 Å². The molecular weight excluding hydrogens is 400 g/mol. The van der Waals surface area contributed by atoms with Crippen molar-refractivity contribution < 1.29 is 28.5 Å². The molecule has 4 rings (SSSR count). The first-order valence-electron chi connectivity index (χ1n) is 9.68. The molecule has 2 aromatic carbocycles. The highest BCUT2D eigenvalue weighted by atomic mass is 16.6. The number of nitrogens with zero attached hydrogens (tertiary/aromatic N) is 1. The maximum Gasteiger partial charge on any atom is 0.342 e. The molecule has 1 unspecified atom stereocenters. The van der Waals surface area contributed by atoms with Gasteiger partial charge < -0.3 is 24.3 Å². The zero-order chi connectivity index (χ0) is 21.5. The van der Waals surface area contributed by atoms with Crippen LogP contribution in [-0.4, -0.2) is 42.7 Å². The summed E-state index contributed by atoms with van der Waals surface area (Å²) in [6, 6.07) is 17.4. The predicted molar refractivity (Wildman–Crippen MR) is 110 cm³/mol. The van der Waals surface area contributed by atoms with Gasteiger partial charge in [0.1, 0.15) is 29.8 Å². The highest BCUT2D eigenvalue weighted by Crippen LogP contribution is 2.30. The molecule has 0 saturated carbocycles. The molecule has 2 heterocycles. The van der Waals surface area contributed by atoms with Crippen molar-refractivity contribution in [2.24, 2.45) is 0 Å². The first-order valence-corrected chi connectivity index (χ1v) is 9.68. The van der Waals surface area contributed by atoms with Gasteiger partial charge in [-0.1, -0.05) is 24.3 Å². The number of amides is 1. The van der Waals surface area contributed by atoms with Crippen LogP contribution in [0.4, 0.5) is 0 Å². The molecule has 1 aliphatic rings. The van der Waals surface area contributed by atoms with Crippen molar-refractivity contribution in [3.05, 3.63) is 78.6 Å². The van der Waals surface area contributed by atoms with Crippen molar-refractivity contribution in [1.82, 2.24) is 10.3 Å². The lowest BCUT2D eigenvalue weighted by Crippen LogP contribution is -2.42. The first-order chi connectivity index (χ1) is 15.2. The van der Waals surface area contributed by atoms with Gasteiger partial charge in [0.15, 0.2) is 18.1 Å². The maximum atomic E-state index is 12.5. The maximum absolute atomic E-state index is 12.5. The van der Waals surface area contributed by atoms with Crippen LogP contribution < -0.4 is 19.5 Å². The molecule has 0 radical (unpaired) electrons. The lowest BCUT2D eigenvalue weighted by Gasteiger charge is -2.26. The van der Waals surface area contributed by atoms with Gasteiger partial charge in [-0.2, -0.15) is 0 Å². The number of esters is 1. The summed E-state index contributed by atoms with van der Waals surface area (Å²) in [6.45, 7) is 0.117. The standard InChI is InChI=1S/C23H20N2O6/c26-22(25-13-17-14-28-20-9-3-4-10-21(20)31-17)15-29-23(27)18-7-1-2-8-19(18)30-16-6-5-11-24-12-16/h1-12,17H,13-15H2,(H,25,26). The number of aromatic nitrogens is 1. The summed E-state index contributed by atoms with van der Waals surface area (Å²) in [4.78, 5) is 28.6. The van der Waals surface area contributed by atoms with Crippen molar-refractivity contribution >= 4 is 11.9 Å². The van der Waals surface area contributed by atoms with Crippen molar-refractivity contribution in [2.75, 3.05) is 19.8 Å². The Hall–Kier alpha value is -4.07. The Bertz CT molecular complexity index is 1060. The summed E-state index contributed by atoms with van der Waals surface area (Å²) in [5, 5.41) is 2.68. The summed E-state index contributed by atoms with van der Waals surface area (Å²) < 4.78 is 22.2. The summed E-state index contributed by atoms with van der Waals surface area (Å²) in [5.74, 6) is 0.988. The van der Waals surface area contributed by atoms with Crippen LogP contribution >= 0.6 is 0 Å². The van der Waals surface area contributed by atoms with Gasteiger partial charge in [-0.25, -0.2) is 4.79 Å². The lowest BCUT2D eigenvalue weighted by atomic mass is 10.2. The van der Waals surface area contributed by atoms with E-state index >= 15 is 0 Å². The summed E-state index contributed by atoms with van der Waals surface area (Å²) in [6.07, 6.45) is 2.82. The highest BCUT2D eigenvalue weighted by Gasteiger charge is 2.21. The first kappa shape index (κ1) is 20.2. The number of ether oxygens (including phenoxy) is 4. The fourth-order valence-corrected chi connectivity index (χ4v) is 2.91. The van der Waals surface area contributed by atoms with Gasteiger partial charge in [-0.3, -0.25) is 9.78 Å². The summed E-state index contributed by atoms with van der Waals surface area (Å²) in [5.41, 5.74) is 0.208. The van der Waals surface area contributed by atoms with Gasteiger partial charge in [-0.15, -0.1) is 0 Å². The Labute approximate surface area is 178 Å². The van der Waals surface area contributed by atoms with E-state index in [0.29, 0.717) is 29.6 Å². The van der Waals surface area contributed by atoms with Crippen LogP contribution in [0.2, 0.25) is 0 Å². The number of pyridine rings is 1. The Morgan fingerprint density at radius 1 is 1.03 bits per heavy atom. The number of rotatable bonds is 7. The second kappa shape index (κ2) is 9.62. The van der Waals surface area contributed by atoms with Crippen LogP contribution in [-0.2, 0) is 9.53 Å². The molecule has 1 aliphatic heterocycles. The molecule has 158 valence electrons. The van der Waals surface area contributed by atoms with E-state index < -0.39 is 18.5 Å². The third kappa shape index (κ3) is 5.30. The average molecular weight is 420 g/mol. The fraction of sp³-hybridized carbons (Fsp3) is 0.174. The lowest BCUT2D eigenvalue weighted by molar-refractivity contribution is -0.124. The summed E-state index contributed by atoms with van der Waals surface area (Å²) >= 11 is 0. The van der Waals surface area contributed by atoms with Gasteiger partial charge in [0.25, 0.3) is 5.91 Å². The smallest absolute Gasteiger partial charge is 0.342 e. The second-order valence-electron chi connectivity index (χ2n) is 6.66. The largest absolute Gasteiger partial charge is 0.486 e. The Morgan fingerprint density at radius 2 is 1.84 bits per heavy atom. The third-order valence-electron chi connectivity index (χ3n) is 4.40. The van der Waals surface area contributed by atoms with E-state index in [4.69, 9.17) is 18.9 Å². The Balaban J connectivity index is 1.27. The van der Waals surface area contributed by atoms with Crippen LogP contribution in [0, 0.1) is 0 Å². The molecule has 8 nitrogen and oxygen atoms in total. The zero-order valence-corrected chi connectivity index (χ0v) is 16.5. The molecule has 3 aromatic rings. The highest BCUT2D eigenvalue weighted by molar-refractivity contribution is 5.94. The van der Waals surface area contributed by atoms with E-state index in [9.17, 15) is 9.59 Å². The molecule has 0 bridgehead atoms. The molecule has 0 aliphatic carbocycles. The number of benzene rings is 2. The van der Waals surface area contributed by atoms with Crippen LogP contribution in [0.3, 0.4) is 0 Å². The molecule has 0 saturated heterocycles. The van der Waals surface area contributed by atoms with Gasteiger partial charge in [0, 0.05) is 6.20 Å². The normalized spacial score (nSPS) is 14.4. The fourth-order valence-electron chi connectivity index (χ4n) is 2.91. The zero-order valence-electron chi connectivity index (χ0n) is 16.5. The minimum absolute atomic E-state index is 0.208. The molecule has 0 fully saturated rings. The van der Waals surface area contributed by atoms with E-state index in [1.807, 2.05) is 18.2 Å². The molecule has 8 heteroatoms. The predicted octanol–water partition coefficient (Wildman–Crippen LogP) is 2.99. The third-order valence-corrected chi connectivity index (χ3v) is 4.40. The SMILES string of the molecule is O=C(COC(=O)c1ccccc1Oc1cccnc1)NCC1COc2ccccc2O1. The number of carbonyl (C=O) groups is 2. The number of para-hydroxylation sites is 3. The molecule has 1 aromatic heterocycles. The van der Waals surface area contributed by atoms with Crippen molar-refractivity contribution in [1.29, 1.82) is 0 Å². The van der Waals surface area contributed by atoms with Gasteiger partial charge in [-0.05, 0) is 36.4 Å². The van der Waals surface area contributed by atoms with E-state index in [2.05, 4.69) is 10.3 Å². The Morgan fingerprint density at radius 3 is 2.68 bits per heavy atom. The number of hydrogen-bond acceptors (Lipinski definition) is 7. The summed E-state index contributed by atoms with van der Waals surface area (Å²) in [7, 11) is 0. The van der Waals surface area contributed by atoms with E-state index in [0.717, 1.165) is 0 Å². The molecule has 1 atom stereocenters. The second-order valence-corrected chi connectivity index (χ2v) is 6.66. The minimum Gasteiger partial charge on any atom is -0.486 e. The van der Waals surface area contributed by atoms with Crippen molar-refractivity contribution in [3.63, 3.8) is 0 Å². The van der Waals surface area contributed by atoms with Gasteiger partial charge in [0.2, 0.25) is 0 Å². The quantitative estimate of drug-likeness (QED) is 0.587. The van der Waals surface area contributed by atoms with Crippen LogP contribution in [0.25, 0.3) is 0 Å². The van der Waals surface area contributed by atoms with Crippen molar-refractivity contribution in [2.45, 2.75) is 6.10 Å². The Kier molecular flexibility index (Phi) is 6.27. The van der Waals surface area contributed by atoms with Crippen LogP contribution in [0.15, 0.2) is 73.1 Å². The molecule has 31 heavy (non-hydrogen) atoms. The average Bonchev–Trinajstić information content (AvgIpc) is 2.82. The van der Waals surface area contributed by atoms with E-state index in [1.165, 1.54) is 6.20 Å². The van der Waals surface area contributed by atoms with E-state index in [1.54, 1.807) is 48.7 Å². The molecule has 1 amide bonds. The molecular formula is C23H20N2O6. The topological polar surface area (TPSA) is 96.0 Å². The van der Waals surface area contributed by atoms with Gasteiger partial charge >= 0.3 is 5.97 Å². The van der Waals surface area contributed by atoms with Crippen LogP contribution in [0.5, 0.6) is 23.0 Å². The van der Waals surface area contributed by atoms with Crippen molar-refractivity contribution in [3.8, 4) is 23.0 Å². The molecule has 1 N–H and O–H groups in total. The van der Waals surface area contributed by atoms with Crippen LogP contribution in [0.1, 0.15) is 10.4 Å². The number of carbonyl (C=O) groups excluding carboxylic acids is 2. The minimum atomic E-state index is -0.666. The number of nitrogens with one attached hydrogen (secondary N) is 1.